The van der Waals surface area contributed by atoms with Gasteiger partial charge in [-0.1, -0.05) is 12.1 Å². The highest BCUT2D eigenvalue weighted by Crippen LogP contribution is 2.41. The molecule has 134 valence electrons. The first-order valence-corrected chi connectivity index (χ1v) is 9.97. The Morgan fingerprint density at radius 1 is 1.19 bits per heavy atom. The first-order valence-electron chi connectivity index (χ1n) is 8.08. The molecule has 1 aromatic carbocycles. The predicted molar refractivity (Wildman–Crippen MR) is 96.9 cm³/mol. The van der Waals surface area contributed by atoms with Gasteiger partial charge >= 0.3 is 0 Å². The molecule has 1 aliphatic rings. The molecule has 3 rings (SSSR count). The molecule has 0 bridgehead atoms. The molecule has 0 radical (unpaired) electrons. The van der Waals surface area contributed by atoms with Crippen LogP contribution in [0.2, 0.25) is 0 Å². The van der Waals surface area contributed by atoms with Gasteiger partial charge in [0.25, 0.3) is 5.91 Å². The Morgan fingerprint density at radius 3 is 2.35 bits per heavy atom. The van der Waals surface area contributed by atoms with E-state index in [0.29, 0.717) is 11.1 Å². The average molecular weight is 370 g/mol. The third kappa shape index (κ3) is 3.83. The lowest BCUT2D eigenvalue weighted by molar-refractivity contribution is 0.0823. The zero-order valence-electron chi connectivity index (χ0n) is 14.2. The first kappa shape index (κ1) is 17.9. The van der Waals surface area contributed by atoms with Gasteiger partial charge in [0.15, 0.2) is 0 Å². The number of anilines is 1. The number of nitriles is 1. The van der Waals surface area contributed by atoms with Crippen LogP contribution in [-0.4, -0.2) is 25.6 Å². The summed E-state index contributed by atoms with van der Waals surface area (Å²) < 4.78 is 24.7. The monoisotopic (exact) mass is 370 g/mol. The molecule has 1 saturated carbocycles. The first-order chi connectivity index (χ1) is 12.3. The molecule has 2 aromatic rings. The number of aromatic nitrogens is 1. The quantitative estimate of drug-likeness (QED) is 0.837. The molecule has 7 nitrogen and oxygen atoms in total. The van der Waals surface area contributed by atoms with Crippen LogP contribution in [0, 0.1) is 11.3 Å². The van der Waals surface area contributed by atoms with Gasteiger partial charge in [-0.05, 0) is 49.1 Å². The summed E-state index contributed by atoms with van der Waals surface area (Å²) in [5.74, 6) is -0.109. The van der Waals surface area contributed by atoms with Crippen molar-refractivity contribution in [3.63, 3.8) is 0 Å². The number of carbonyl (C=O) groups excluding carboxylic acids is 1. The van der Waals surface area contributed by atoms with E-state index in [1.54, 1.807) is 12.1 Å². The van der Waals surface area contributed by atoms with E-state index in [4.69, 9.17) is 5.26 Å². The van der Waals surface area contributed by atoms with E-state index in [1.165, 1.54) is 18.3 Å². The molecule has 26 heavy (non-hydrogen) atoms. The summed E-state index contributed by atoms with van der Waals surface area (Å²) in [4.78, 5) is 16.6. The largest absolute Gasteiger partial charge is 0.342 e. The second kappa shape index (κ2) is 6.77. The molecule has 0 aliphatic heterocycles. The number of pyridine rings is 1. The predicted octanol–water partition coefficient (Wildman–Crippen LogP) is 2.13. The number of carbonyl (C=O) groups is 1. The van der Waals surface area contributed by atoms with Gasteiger partial charge in [-0.15, -0.1) is 0 Å². The number of amides is 1. The Hall–Kier alpha value is -2.92. The van der Waals surface area contributed by atoms with Crippen molar-refractivity contribution < 1.29 is 13.2 Å². The highest BCUT2D eigenvalue weighted by Gasteiger charge is 2.40. The number of hydrogen-bond donors (Lipinski definition) is 2. The highest BCUT2D eigenvalue weighted by atomic mass is 32.2. The Labute approximate surface area is 152 Å². The van der Waals surface area contributed by atoms with Crippen molar-refractivity contribution in [3.05, 3.63) is 59.3 Å². The molecule has 1 aromatic heterocycles. The van der Waals surface area contributed by atoms with E-state index < -0.39 is 15.6 Å². The number of sulfonamides is 1. The van der Waals surface area contributed by atoms with Gasteiger partial charge in [-0.2, -0.15) is 5.26 Å². The fourth-order valence-corrected chi connectivity index (χ4v) is 3.45. The van der Waals surface area contributed by atoms with Crippen LogP contribution in [-0.2, 0) is 15.6 Å². The Bertz CT molecular complexity index is 957. The summed E-state index contributed by atoms with van der Waals surface area (Å²) in [5, 5.41) is 12.0. The van der Waals surface area contributed by atoms with E-state index in [1.807, 2.05) is 12.1 Å². The Kier molecular flexibility index (Phi) is 4.66. The van der Waals surface area contributed by atoms with Crippen molar-refractivity contribution in [1.82, 2.24) is 10.3 Å². The smallest absolute Gasteiger partial charge is 0.253 e. The maximum Gasteiger partial charge on any atom is 0.253 e. The molecule has 1 heterocycles. The minimum Gasteiger partial charge on any atom is -0.342 e. The number of hydrogen-bond acceptors (Lipinski definition) is 5. The maximum atomic E-state index is 12.6. The van der Waals surface area contributed by atoms with Gasteiger partial charge in [0.1, 0.15) is 5.82 Å². The molecule has 1 fully saturated rings. The minimum absolute atomic E-state index is 0.162. The van der Waals surface area contributed by atoms with Crippen molar-refractivity contribution in [2.24, 2.45) is 0 Å². The molecule has 1 aliphatic carbocycles. The van der Waals surface area contributed by atoms with Gasteiger partial charge in [-0.3, -0.25) is 9.52 Å². The van der Waals surface area contributed by atoms with Gasteiger partial charge in [0.2, 0.25) is 10.0 Å². The van der Waals surface area contributed by atoms with E-state index in [9.17, 15) is 13.2 Å². The normalized spacial score (nSPS) is 15.4. The van der Waals surface area contributed by atoms with Gasteiger partial charge < -0.3 is 5.32 Å². The molecule has 1 amide bonds. The molecule has 0 saturated heterocycles. The topological polar surface area (TPSA) is 112 Å². The van der Waals surface area contributed by atoms with Gasteiger partial charge in [0, 0.05) is 6.20 Å². The number of rotatable bonds is 5. The van der Waals surface area contributed by atoms with Crippen LogP contribution in [0.5, 0.6) is 0 Å². The summed E-state index contributed by atoms with van der Waals surface area (Å²) in [6, 6.07) is 12.3. The zero-order chi connectivity index (χ0) is 18.8. The second-order valence-corrected chi connectivity index (χ2v) is 8.13. The maximum absolute atomic E-state index is 12.6. The molecular formula is C18H18N4O3S. The van der Waals surface area contributed by atoms with Gasteiger partial charge in [-0.25, -0.2) is 13.4 Å². The summed E-state index contributed by atoms with van der Waals surface area (Å²) >= 11 is 0. The third-order valence-electron chi connectivity index (χ3n) is 4.44. The lowest BCUT2D eigenvalue weighted by Gasteiger charge is -2.43. The van der Waals surface area contributed by atoms with Crippen LogP contribution in [0.1, 0.15) is 40.7 Å². The van der Waals surface area contributed by atoms with E-state index in [0.717, 1.165) is 31.1 Å². The van der Waals surface area contributed by atoms with Crippen molar-refractivity contribution in [3.8, 4) is 6.07 Å². The van der Waals surface area contributed by atoms with Crippen LogP contribution in [0.15, 0.2) is 42.6 Å². The fourth-order valence-electron chi connectivity index (χ4n) is 2.95. The van der Waals surface area contributed by atoms with E-state index >= 15 is 0 Å². The standard InChI is InChI=1S/C18H18N4O3S/c1-26(24,25)22-16-8-5-14(12-20-16)17(23)21-18(9-2-10-18)15-6-3-13(11-19)4-7-15/h3-8,12H,2,9-10H2,1H3,(H,20,22)(H,21,23). The number of nitrogens with zero attached hydrogens (tertiary/aromatic N) is 2. The van der Waals surface area contributed by atoms with Crippen molar-refractivity contribution >= 4 is 21.7 Å². The summed E-state index contributed by atoms with van der Waals surface area (Å²) in [7, 11) is -3.41. The summed E-state index contributed by atoms with van der Waals surface area (Å²) in [6.45, 7) is 0. The fraction of sp³-hybridized carbons (Fsp3) is 0.278. The van der Waals surface area contributed by atoms with Crippen LogP contribution in [0.25, 0.3) is 0 Å². The molecule has 0 unspecified atom stereocenters. The van der Waals surface area contributed by atoms with Crippen LogP contribution in [0.3, 0.4) is 0 Å². The molecule has 0 spiro atoms. The van der Waals surface area contributed by atoms with Crippen LogP contribution >= 0.6 is 0 Å². The third-order valence-corrected chi connectivity index (χ3v) is 5.02. The van der Waals surface area contributed by atoms with Crippen LogP contribution < -0.4 is 10.0 Å². The van der Waals surface area contributed by atoms with E-state index in [-0.39, 0.29) is 11.7 Å². The SMILES string of the molecule is CS(=O)(=O)Nc1ccc(C(=O)NC2(c3ccc(C#N)cc3)CCC2)cn1. The van der Waals surface area contributed by atoms with E-state index in [2.05, 4.69) is 21.1 Å². The second-order valence-electron chi connectivity index (χ2n) is 6.39. The lowest BCUT2D eigenvalue weighted by atomic mass is 9.71. The molecule has 0 atom stereocenters. The lowest BCUT2D eigenvalue weighted by Crippen LogP contribution is -2.50. The number of nitrogens with one attached hydrogen (secondary N) is 2. The van der Waals surface area contributed by atoms with Crippen molar-refractivity contribution in [2.45, 2.75) is 24.8 Å². The van der Waals surface area contributed by atoms with Gasteiger partial charge in [0.05, 0.1) is 29.0 Å². The summed E-state index contributed by atoms with van der Waals surface area (Å²) in [6.07, 6.45) is 5.04. The number of benzene rings is 1. The highest BCUT2D eigenvalue weighted by molar-refractivity contribution is 7.92. The zero-order valence-corrected chi connectivity index (χ0v) is 15.0. The minimum atomic E-state index is -3.41. The molecule has 2 N–H and O–H groups in total. The van der Waals surface area contributed by atoms with Crippen molar-refractivity contribution in [1.29, 1.82) is 5.26 Å². The average Bonchev–Trinajstić information content (AvgIpc) is 2.57. The Morgan fingerprint density at radius 2 is 1.88 bits per heavy atom. The molecular weight excluding hydrogens is 352 g/mol. The summed E-state index contributed by atoms with van der Waals surface area (Å²) in [5.41, 5.74) is 1.46. The Balaban J connectivity index is 1.76. The van der Waals surface area contributed by atoms with Crippen LogP contribution in [0.4, 0.5) is 5.82 Å². The molecule has 8 heteroatoms. The van der Waals surface area contributed by atoms with Crippen molar-refractivity contribution in [2.75, 3.05) is 11.0 Å².